The van der Waals surface area contributed by atoms with Crippen molar-refractivity contribution in [2.24, 2.45) is 0 Å². The number of benzene rings is 1. The minimum atomic E-state index is -0.235. The number of nitrogens with zero attached hydrogens (tertiary/aromatic N) is 2. The van der Waals surface area contributed by atoms with Crippen molar-refractivity contribution >= 4 is 17.7 Å². The van der Waals surface area contributed by atoms with E-state index in [1.807, 2.05) is 12.1 Å². The smallest absolute Gasteiger partial charge is 0.410 e. The van der Waals surface area contributed by atoms with Crippen molar-refractivity contribution in [1.82, 2.24) is 9.80 Å². The summed E-state index contributed by atoms with van der Waals surface area (Å²) in [5.41, 5.74) is 1.28. The quantitative estimate of drug-likeness (QED) is 0.715. The topological polar surface area (TPSA) is 42.0 Å². The second-order valence-electron chi connectivity index (χ2n) is 7.41. The van der Waals surface area contributed by atoms with Crippen LogP contribution in [0.5, 0.6) is 0 Å². The summed E-state index contributed by atoms with van der Waals surface area (Å²) in [5.74, 6) is 0. The summed E-state index contributed by atoms with van der Waals surface area (Å²) in [5, 5.41) is 0.764. The molecule has 1 aromatic carbocycles. The second-order valence-corrected chi connectivity index (χ2v) is 7.85. The minimum Gasteiger partial charge on any atom is -0.445 e. The van der Waals surface area contributed by atoms with Crippen molar-refractivity contribution < 1.29 is 14.3 Å². The summed E-state index contributed by atoms with van der Waals surface area (Å²) in [6.45, 7) is 9.13. The Kier molecular flexibility index (Phi) is 7.16. The predicted octanol–water partition coefficient (Wildman–Crippen LogP) is 3.76. The summed E-state index contributed by atoms with van der Waals surface area (Å²) in [4.78, 5) is 16.4. The van der Waals surface area contributed by atoms with E-state index in [2.05, 4.69) is 30.5 Å². The largest absolute Gasteiger partial charge is 0.445 e. The van der Waals surface area contributed by atoms with Gasteiger partial charge in [-0.15, -0.1) is 0 Å². The van der Waals surface area contributed by atoms with Crippen LogP contribution in [0, 0.1) is 0 Å². The number of carbonyl (C=O) groups is 1. The van der Waals surface area contributed by atoms with E-state index in [0.717, 1.165) is 50.5 Å². The lowest BCUT2D eigenvalue weighted by Crippen LogP contribution is -2.57. The zero-order valence-corrected chi connectivity index (χ0v) is 16.7. The van der Waals surface area contributed by atoms with E-state index in [1.54, 1.807) is 11.0 Å². The molecule has 0 bridgehead atoms. The van der Waals surface area contributed by atoms with Crippen molar-refractivity contribution in [3.05, 3.63) is 47.5 Å². The molecular formula is C21H29ClN2O3. The molecule has 1 aromatic rings. The van der Waals surface area contributed by atoms with Gasteiger partial charge in [0.1, 0.15) is 6.61 Å². The molecule has 0 N–H and O–H groups in total. The van der Waals surface area contributed by atoms with E-state index >= 15 is 0 Å². The Morgan fingerprint density at radius 1 is 1.33 bits per heavy atom. The summed E-state index contributed by atoms with van der Waals surface area (Å²) < 4.78 is 11.1. The zero-order valence-electron chi connectivity index (χ0n) is 16.0. The van der Waals surface area contributed by atoms with Gasteiger partial charge in [0, 0.05) is 36.7 Å². The Hall–Kier alpha value is -1.56. The normalized spacial score (nSPS) is 24.6. The summed E-state index contributed by atoms with van der Waals surface area (Å²) in [6.07, 6.45) is 4.48. The molecule has 2 fully saturated rings. The average Bonchev–Trinajstić information content (AvgIpc) is 2.69. The van der Waals surface area contributed by atoms with E-state index in [1.165, 1.54) is 5.56 Å². The number of piperidine rings is 1. The molecule has 0 radical (unpaired) electrons. The molecule has 2 saturated heterocycles. The number of morpholine rings is 1. The summed E-state index contributed by atoms with van der Waals surface area (Å²) in [6, 6.07) is 8.90. The van der Waals surface area contributed by atoms with Gasteiger partial charge in [-0.1, -0.05) is 36.4 Å². The SMILES string of the molecule is C=CCOC(=O)N1CCC(N2CC(C)OCC2Cc2ccc(Cl)cc2)CC1. The lowest BCUT2D eigenvalue weighted by Gasteiger charge is -2.46. The van der Waals surface area contributed by atoms with Crippen LogP contribution in [0.4, 0.5) is 4.79 Å². The third kappa shape index (κ3) is 5.47. The fourth-order valence-electron chi connectivity index (χ4n) is 3.99. The highest BCUT2D eigenvalue weighted by molar-refractivity contribution is 6.30. The number of amides is 1. The van der Waals surface area contributed by atoms with Gasteiger partial charge >= 0.3 is 6.09 Å². The maximum Gasteiger partial charge on any atom is 0.410 e. The fraction of sp³-hybridized carbons (Fsp3) is 0.571. The standard InChI is InChI=1S/C21H29ClN2O3/c1-3-12-26-21(25)23-10-8-19(9-11-23)24-14-16(2)27-15-20(24)13-17-4-6-18(22)7-5-17/h3-7,16,19-20H,1,8-15H2,2H3. The van der Waals surface area contributed by atoms with E-state index in [4.69, 9.17) is 21.1 Å². The van der Waals surface area contributed by atoms with Crippen LogP contribution in [0.15, 0.2) is 36.9 Å². The molecule has 1 amide bonds. The first-order valence-corrected chi connectivity index (χ1v) is 10.1. The lowest BCUT2D eigenvalue weighted by molar-refractivity contribution is -0.0789. The third-order valence-electron chi connectivity index (χ3n) is 5.41. The molecule has 2 heterocycles. The second kappa shape index (κ2) is 9.58. The van der Waals surface area contributed by atoms with Crippen molar-refractivity contribution in [2.75, 3.05) is 32.8 Å². The number of ether oxygens (including phenoxy) is 2. The van der Waals surface area contributed by atoms with Crippen LogP contribution in [-0.2, 0) is 15.9 Å². The third-order valence-corrected chi connectivity index (χ3v) is 5.66. The number of hydrogen-bond donors (Lipinski definition) is 0. The molecule has 2 atom stereocenters. The Morgan fingerprint density at radius 3 is 2.70 bits per heavy atom. The molecule has 3 rings (SSSR count). The highest BCUT2D eigenvalue weighted by Gasteiger charge is 2.35. The monoisotopic (exact) mass is 392 g/mol. The first kappa shape index (κ1) is 20.2. The van der Waals surface area contributed by atoms with Gasteiger partial charge in [0.25, 0.3) is 0 Å². The lowest BCUT2D eigenvalue weighted by atomic mass is 9.96. The average molecular weight is 393 g/mol. The van der Waals surface area contributed by atoms with Crippen molar-refractivity contribution in [3.8, 4) is 0 Å². The highest BCUT2D eigenvalue weighted by Crippen LogP contribution is 2.25. The molecule has 0 saturated carbocycles. The van der Waals surface area contributed by atoms with Gasteiger partial charge in [0.2, 0.25) is 0 Å². The first-order chi connectivity index (χ1) is 13.1. The van der Waals surface area contributed by atoms with Gasteiger partial charge in [0.15, 0.2) is 0 Å². The Morgan fingerprint density at radius 2 is 2.04 bits per heavy atom. The van der Waals surface area contributed by atoms with Gasteiger partial charge in [-0.3, -0.25) is 4.90 Å². The molecule has 2 aliphatic rings. The number of rotatable bonds is 5. The van der Waals surface area contributed by atoms with Gasteiger partial charge in [-0.2, -0.15) is 0 Å². The molecule has 148 valence electrons. The molecule has 0 aliphatic carbocycles. The fourth-order valence-corrected chi connectivity index (χ4v) is 4.11. The maximum atomic E-state index is 12.0. The van der Waals surface area contributed by atoms with Crippen LogP contribution in [0.1, 0.15) is 25.3 Å². The van der Waals surface area contributed by atoms with Crippen LogP contribution in [-0.4, -0.2) is 66.9 Å². The summed E-state index contributed by atoms with van der Waals surface area (Å²) in [7, 11) is 0. The molecule has 2 aliphatic heterocycles. The Labute approximate surface area is 166 Å². The van der Waals surface area contributed by atoms with E-state index in [0.29, 0.717) is 12.1 Å². The van der Waals surface area contributed by atoms with Crippen LogP contribution < -0.4 is 0 Å². The van der Waals surface area contributed by atoms with Crippen LogP contribution in [0.2, 0.25) is 5.02 Å². The predicted molar refractivity (Wildman–Crippen MR) is 107 cm³/mol. The van der Waals surface area contributed by atoms with E-state index < -0.39 is 0 Å². The minimum absolute atomic E-state index is 0.235. The Bertz CT molecular complexity index is 629. The molecule has 5 nitrogen and oxygen atoms in total. The van der Waals surface area contributed by atoms with Crippen molar-refractivity contribution in [1.29, 1.82) is 0 Å². The number of hydrogen-bond acceptors (Lipinski definition) is 4. The van der Waals surface area contributed by atoms with E-state index in [-0.39, 0.29) is 18.8 Å². The van der Waals surface area contributed by atoms with Crippen LogP contribution in [0.25, 0.3) is 0 Å². The van der Waals surface area contributed by atoms with Gasteiger partial charge in [-0.05, 0) is 43.9 Å². The molecule has 0 aromatic heterocycles. The highest BCUT2D eigenvalue weighted by atomic mass is 35.5. The molecule has 27 heavy (non-hydrogen) atoms. The van der Waals surface area contributed by atoms with Crippen LogP contribution in [0.3, 0.4) is 0 Å². The number of carbonyl (C=O) groups excluding carboxylic acids is 1. The molecular weight excluding hydrogens is 364 g/mol. The Balaban J connectivity index is 1.59. The molecule has 2 unspecified atom stereocenters. The van der Waals surface area contributed by atoms with Crippen molar-refractivity contribution in [3.63, 3.8) is 0 Å². The first-order valence-electron chi connectivity index (χ1n) is 9.71. The van der Waals surface area contributed by atoms with Gasteiger partial charge in [-0.25, -0.2) is 4.79 Å². The zero-order chi connectivity index (χ0) is 19.2. The summed E-state index contributed by atoms with van der Waals surface area (Å²) >= 11 is 6.01. The van der Waals surface area contributed by atoms with E-state index in [9.17, 15) is 4.79 Å². The van der Waals surface area contributed by atoms with Gasteiger partial charge < -0.3 is 14.4 Å². The molecule has 6 heteroatoms. The number of halogens is 1. The van der Waals surface area contributed by atoms with Crippen LogP contribution >= 0.6 is 11.6 Å². The maximum absolute atomic E-state index is 12.0. The van der Waals surface area contributed by atoms with Crippen molar-refractivity contribution in [2.45, 2.75) is 44.4 Å². The van der Waals surface area contributed by atoms with Gasteiger partial charge in [0.05, 0.1) is 12.7 Å². The molecule has 0 spiro atoms. The number of likely N-dealkylation sites (tertiary alicyclic amines) is 1.